The Morgan fingerprint density at radius 3 is 2.17 bits per heavy atom. The fourth-order valence-electron chi connectivity index (χ4n) is 1.66. The summed E-state index contributed by atoms with van der Waals surface area (Å²) in [5.74, 6) is -0.910. The van der Waals surface area contributed by atoms with Gasteiger partial charge in [-0.25, -0.2) is 4.79 Å². The fraction of sp³-hybridized carbons (Fsp3) is 0.562. The van der Waals surface area contributed by atoms with Crippen LogP contribution in [0.5, 0.6) is 0 Å². The smallest absolute Gasteiger partial charge is 0.328 e. The number of unbranched alkanes of at least 4 members (excludes halogenated alkanes) is 7. The predicted molar refractivity (Wildman–Crippen MR) is 77.7 cm³/mol. The van der Waals surface area contributed by atoms with Crippen LogP contribution in [-0.2, 0) is 4.79 Å². The van der Waals surface area contributed by atoms with Crippen LogP contribution in [0.3, 0.4) is 0 Å². The monoisotopic (exact) mass is 250 g/mol. The average molecular weight is 250 g/mol. The van der Waals surface area contributed by atoms with E-state index in [1.165, 1.54) is 51.0 Å². The van der Waals surface area contributed by atoms with Gasteiger partial charge in [-0.05, 0) is 12.8 Å². The molecule has 2 nitrogen and oxygen atoms in total. The minimum atomic E-state index is -0.910. The highest BCUT2D eigenvalue weighted by atomic mass is 16.4. The summed E-state index contributed by atoms with van der Waals surface area (Å²) >= 11 is 0. The van der Waals surface area contributed by atoms with Crippen molar-refractivity contribution in [2.24, 2.45) is 0 Å². The summed E-state index contributed by atoms with van der Waals surface area (Å²) in [6, 6.07) is 0. The van der Waals surface area contributed by atoms with Crippen LogP contribution in [0.1, 0.15) is 58.3 Å². The van der Waals surface area contributed by atoms with Gasteiger partial charge in [-0.15, -0.1) is 0 Å². The average Bonchev–Trinajstić information content (AvgIpc) is 2.34. The fourth-order valence-corrected chi connectivity index (χ4v) is 1.66. The number of carboxylic acids is 1. The summed E-state index contributed by atoms with van der Waals surface area (Å²) in [7, 11) is 0. The quantitative estimate of drug-likeness (QED) is 0.322. The number of hydrogen-bond acceptors (Lipinski definition) is 1. The largest absolute Gasteiger partial charge is 0.478 e. The molecule has 0 amide bonds. The molecule has 102 valence electrons. The highest BCUT2D eigenvalue weighted by Gasteiger charge is 1.88. The van der Waals surface area contributed by atoms with Crippen LogP contribution in [0.25, 0.3) is 0 Å². The predicted octanol–water partition coefficient (Wildman–Crippen LogP) is 4.88. The molecule has 18 heavy (non-hydrogen) atoms. The van der Waals surface area contributed by atoms with Gasteiger partial charge in [0, 0.05) is 6.08 Å². The van der Waals surface area contributed by atoms with Gasteiger partial charge in [0.15, 0.2) is 0 Å². The van der Waals surface area contributed by atoms with E-state index in [1.54, 1.807) is 6.08 Å². The summed E-state index contributed by atoms with van der Waals surface area (Å²) in [5.41, 5.74) is 0. The van der Waals surface area contributed by atoms with Crippen molar-refractivity contribution in [3.63, 3.8) is 0 Å². The van der Waals surface area contributed by atoms with Crippen LogP contribution >= 0.6 is 0 Å². The summed E-state index contributed by atoms with van der Waals surface area (Å²) < 4.78 is 0. The van der Waals surface area contributed by atoms with Crippen molar-refractivity contribution in [3.05, 3.63) is 36.5 Å². The first-order valence-corrected chi connectivity index (χ1v) is 7.00. The van der Waals surface area contributed by atoms with Crippen molar-refractivity contribution in [2.45, 2.75) is 58.3 Å². The molecule has 0 radical (unpaired) electrons. The maximum Gasteiger partial charge on any atom is 0.328 e. The molecule has 0 heterocycles. The lowest BCUT2D eigenvalue weighted by Gasteiger charge is -1.98. The molecular weight excluding hydrogens is 224 g/mol. The number of hydrogen-bond donors (Lipinski definition) is 1. The topological polar surface area (TPSA) is 37.3 Å². The van der Waals surface area contributed by atoms with E-state index < -0.39 is 5.97 Å². The highest BCUT2D eigenvalue weighted by molar-refractivity contribution is 5.80. The third-order valence-electron chi connectivity index (χ3n) is 2.68. The minimum absolute atomic E-state index is 0.910. The summed E-state index contributed by atoms with van der Waals surface area (Å²) in [6.45, 7) is 2.24. The van der Waals surface area contributed by atoms with Crippen molar-refractivity contribution in [1.29, 1.82) is 0 Å². The Morgan fingerprint density at radius 1 is 0.889 bits per heavy atom. The maximum atomic E-state index is 10.2. The van der Waals surface area contributed by atoms with Gasteiger partial charge >= 0.3 is 5.97 Å². The molecule has 0 aliphatic heterocycles. The molecule has 0 fully saturated rings. The van der Waals surface area contributed by atoms with Crippen LogP contribution in [0.2, 0.25) is 0 Å². The van der Waals surface area contributed by atoms with Gasteiger partial charge in [-0.3, -0.25) is 0 Å². The molecule has 0 unspecified atom stereocenters. The van der Waals surface area contributed by atoms with E-state index in [9.17, 15) is 4.79 Å². The van der Waals surface area contributed by atoms with Gasteiger partial charge in [0.1, 0.15) is 0 Å². The molecular formula is C16H26O2. The zero-order valence-electron chi connectivity index (χ0n) is 11.5. The first-order chi connectivity index (χ1) is 8.77. The number of rotatable bonds is 11. The van der Waals surface area contributed by atoms with E-state index in [0.717, 1.165) is 12.5 Å². The molecule has 0 aromatic heterocycles. The maximum absolute atomic E-state index is 10.2. The molecule has 0 atom stereocenters. The van der Waals surface area contributed by atoms with Crippen LogP contribution < -0.4 is 0 Å². The Hall–Kier alpha value is -1.31. The van der Waals surface area contributed by atoms with Crippen molar-refractivity contribution < 1.29 is 9.90 Å². The van der Waals surface area contributed by atoms with Crippen LogP contribution in [0.15, 0.2) is 36.5 Å². The van der Waals surface area contributed by atoms with E-state index in [2.05, 4.69) is 13.0 Å². The molecule has 0 bridgehead atoms. The molecule has 2 heteroatoms. The molecule has 0 saturated carbocycles. The second-order valence-corrected chi connectivity index (χ2v) is 4.42. The second-order valence-electron chi connectivity index (χ2n) is 4.42. The van der Waals surface area contributed by atoms with Gasteiger partial charge in [0.25, 0.3) is 0 Å². The van der Waals surface area contributed by atoms with E-state index in [4.69, 9.17) is 5.11 Å². The Bertz CT molecular complexity index is 275. The molecule has 0 rings (SSSR count). The van der Waals surface area contributed by atoms with Crippen molar-refractivity contribution in [2.75, 3.05) is 0 Å². The Morgan fingerprint density at radius 2 is 1.50 bits per heavy atom. The van der Waals surface area contributed by atoms with Crippen molar-refractivity contribution in [3.8, 4) is 0 Å². The Balaban J connectivity index is 3.30. The molecule has 0 spiro atoms. The van der Waals surface area contributed by atoms with Crippen LogP contribution in [0, 0.1) is 0 Å². The van der Waals surface area contributed by atoms with E-state index in [0.29, 0.717) is 0 Å². The van der Waals surface area contributed by atoms with Crippen molar-refractivity contribution in [1.82, 2.24) is 0 Å². The third-order valence-corrected chi connectivity index (χ3v) is 2.68. The van der Waals surface area contributed by atoms with Gasteiger partial charge < -0.3 is 5.11 Å². The van der Waals surface area contributed by atoms with E-state index in [1.807, 2.05) is 12.2 Å². The minimum Gasteiger partial charge on any atom is -0.478 e. The van der Waals surface area contributed by atoms with Gasteiger partial charge in [0.05, 0.1) is 0 Å². The third kappa shape index (κ3) is 14.7. The normalized spacial score (nSPS) is 12.1. The Kier molecular flexibility index (Phi) is 12.8. The molecule has 0 saturated heterocycles. The second kappa shape index (κ2) is 13.8. The first kappa shape index (κ1) is 16.7. The number of allylic oxidation sites excluding steroid dienone is 5. The van der Waals surface area contributed by atoms with Crippen LogP contribution in [0.4, 0.5) is 0 Å². The van der Waals surface area contributed by atoms with Gasteiger partial charge in [-0.1, -0.05) is 75.8 Å². The molecule has 0 aromatic carbocycles. The number of carbonyl (C=O) groups is 1. The molecule has 1 N–H and O–H groups in total. The first-order valence-electron chi connectivity index (χ1n) is 7.00. The Labute approximate surface area is 111 Å². The molecule has 0 aromatic rings. The summed E-state index contributed by atoms with van der Waals surface area (Å²) in [6.07, 6.45) is 20.8. The summed E-state index contributed by atoms with van der Waals surface area (Å²) in [5, 5.41) is 8.35. The summed E-state index contributed by atoms with van der Waals surface area (Å²) in [4.78, 5) is 10.2. The van der Waals surface area contributed by atoms with E-state index >= 15 is 0 Å². The zero-order valence-corrected chi connectivity index (χ0v) is 11.5. The molecule has 0 aliphatic carbocycles. The van der Waals surface area contributed by atoms with E-state index in [-0.39, 0.29) is 0 Å². The SMILES string of the molecule is CCCCCCCCC/C=C/C=C/C=C/C(=O)O. The lowest BCUT2D eigenvalue weighted by Crippen LogP contribution is -1.84. The lowest BCUT2D eigenvalue weighted by molar-refractivity contribution is -0.131. The van der Waals surface area contributed by atoms with Crippen LogP contribution in [-0.4, -0.2) is 11.1 Å². The lowest BCUT2D eigenvalue weighted by atomic mass is 10.1. The van der Waals surface area contributed by atoms with Gasteiger partial charge in [-0.2, -0.15) is 0 Å². The molecule has 0 aliphatic rings. The van der Waals surface area contributed by atoms with Gasteiger partial charge in [0.2, 0.25) is 0 Å². The number of aliphatic carboxylic acids is 1. The standard InChI is InChI=1S/C16H26O2/c1-2-3-4-5-6-7-8-9-10-11-12-13-14-15-16(17)18/h10-15H,2-9H2,1H3,(H,17,18)/b11-10+,13-12+,15-14+. The van der Waals surface area contributed by atoms with Crippen molar-refractivity contribution >= 4 is 5.97 Å². The zero-order chi connectivity index (χ0) is 13.5. The number of carboxylic acid groups (broad SMARTS) is 1. The highest BCUT2D eigenvalue weighted by Crippen LogP contribution is 2.08.